The molecule has 0 aliphatic carbocycles. The minimum Gasteiger partial charge on any atom is -0.497 e. The van der Waals surface area contributed by atoms with E-state index in [1.807, 2.05) is 61.5 Å². The Morgan fingerprint density at radius 2 is 1.53 bits per heavy atom. The Labute approximate surface area is 232 Å². The summed E-state index contributed by atoms with van der Waals surface area (Å²) in [7, 11) is 3.25. The Morgan fingerprint density at radius 3 is 2.18 bits per heavy atom. The molecule has 5 nitrogen and oxygen atoms in total. The Hall–Kier alpha value is -4.07. The second-order valence-corrected chi connectivity index (χ2v) is 10.5. The van der Waals surface area contributed by atoms with Gasteiger partial charge < -0.3 is 25.8 Å². The van der Waals surface area contributed by atoms with Crippen molar-refractivity contribution in [3.05, 3.63) is 119 Å². The molecule has 0 atom stereocenters. The molecular weight excluding hydrogens is 510 g/mol. The number of nitrogens with two attached hydrogens (primary N) is 1. The summed E-state index contributed by atoms with van der Waals surface area (Å²) in [5.74, 6) is 1.39. The third-order valence-electron chi connectivity index (χ3n) is 5.66. The predicted molar refractivity (Wildman–Crippen MR) is 166 cm³/mol. The van der Waals surface area contributed by atoms with Crippen molar-refractivity contribution < 1.29 is 9.47 Å². The topological polar surface area (TPSA) is 68.5 Å². The standard InChI is InChI=1S/C31H31N3O2S2/c1-20(32)31(38-22(3)34-27-16-28(35-4)18-29(17-27)36-5)30-15-25(19-37-30)24-11-9-10-23(14-24)21(2)33-26-12-7-6-8-13-26/h6-19,33-34H,2-3,32H2,1,4-5H3/b31-20+. The van der Waals surface area contributed by atoms with Crippen LogP contribution in [0.3, 0.4) is 0 Å². The molecule has 4 rings (SSSR count). The maximum atomic E-state index is 6.32. The summed E-state index contributed by atoms with van der Waals surface area (Å²) in [4.78, 5) is 2.03. The highest BCUT2D eigenvalue weighted by molar-refractivity contribution is 8.12. The normalized spacial score (nSPS) is 11.3. The lowest BCUT2D eigenvalue weighted by molar-refractivity contribution is 0.395. The van der Waals surface area contributed by atoms with Gasteiger partial charge in [0.25, 0.3) is 0 Å². The molecule has 0 aliphatic rings. The van der Waals surface area contributed by atoms with Crippen LogP contribution in [0.1, 0.15) is 17.4 Å². The first-order chi connectivity index (χ1) is 18.4. The van der Waals surface area contributed by atoms with Gasteiger partial charge in [-0.25, -0.2) is 0 Å². The van der Waals surface area contributed by atoms with Crippen molar-refractivity contribution >= 4 is 45.1 Å². The number of thioether (sulfide) groups is 1. The van der Waals surface area contributed by atoms with E-state index < -0.39 is 0 Å². The van der Waals surface area contributed by atoms with Crippen LogP contribution in [-0.4, -0.2) is 14.2 Å². The number of nitrogens with one attached hydrogen (secondary N) is 2. The molecule has 0 unspecified atom stereocenters. The fourth-order valence-corrected chi connectivity index (χ4v) is 5.70. The van der Waals surface area contributed by atoms with E-state index in [4.69, 9.17) is 15.2 Å². The third-order valence-corrected chi connectivity index (χ3v) is 7.83. The fourth-order valence-electron chi connectivity index (χ4n) is 3.78. The van der Waals surface area contributed by atoms with Crippen LogP contribution in [0.2, 0.25) is 0 Å². The molecule has 0 saturated heterocycles. The zero-order valence-electron chi connectivity index (χ0n) is 21.7. The predicted octanol–water partition coefficient (Wildman–Crippen LogP) is 8.48. The van der Waals surface area contributed by atoms with Gasteiger partial charge in [-0.3, -0.25) is 0 Å². The quantitative estimate of drug-likeness (QED) is 0.177. The Kier molecular flexibility index (Phi) is 8.84. The van der Waals surface area contributed by atoms with E-state index in [1.165, 1.54) is 11.8 Å². The molecule has 0 bridgehead atoms. The molecule has 1 heterocycles. The van der Waals surface area contributed by atoms with Gasteiger partial charge in [0.1, 0.15) is 11.5 Å². The van der Waals surface area contributed by atoms with Crippen LogP contribution in [0.5, 0.6) is 11.5 Å². The molecule has 194 valence electrons. The van der Waals surface area contributed by atoms with Gasteiger partial charge in [0.05, 0.1) is 19.2 Å². The van der Waals surface area contributed by atoms with Crippen LogP contribution >= 0.6 is 23.1 Å². The van der Waals surface area contributed by atoms with Crippen LogP contribution in [-0.2, 0) is 0 Å². The van der Waals surface area contributed by atoms with E-state index in [9.17, 15) is 0 Å². The summed E-state index contributed by atoms with van der Waals surface area (Å²) in [5, 5.41) is 9.59. The summed E-state index contributed by atoms with van der Waals surface area (Å²) < 4.78 is 10.7. The molecule has 0 fully saturated rings. The molecule has 0 spiro atoms. The SMILES string of the molecule is C=C(Nc1cc(OC)cc(OC)c1)S/C(=C(\C)N)c1cc(-c2cccc(C(=C)Nc3ccccc3)c2)cs1. The van der Waals surface area contributed by atoms with Gasteiger partial charge in [-0.05, 0) is 53.3 Å². The molecule has 3 aromatic carbocycles. The van der Waals surface area contributed by atoms with E-state index in [0.717, 1.165) is 54.3 Å². The largest absolute Gasteiger partial charge is 0.497 e. The summed E-state index contributed by atoms with van der Waals surface area (Å²) in [6, 6.07) is 26.2. The van der Waals surface area contributed by atoms with Crippen molar-refractivity contribution in [3.63, 3.8) is 0 Å². The number of rotatable bonds is 11. The van der Waals surface area contributed by atoms with Gasteiger partial charge in [0.15, 0.2) is 0 Å². The Bertz CT molecular complexity index is 1450. The minimum absolute atomic E-state index is 0.696. The number of benzene rings is 3. The lowest BCUT2D eigenvalue weighted by atomic mass is 10.0. The van der Waals surface area contributed by atoms with Crippen LogP contribution in [0.25, 0.3) is 21.7 Å². The molecule has 0 amide bonds. The highest BCUT2D eigenvalue weighted by Crippen LogP contribution is 2.40. The van der Waals surface area contributed by atoms with Crippen molar-refractivity contribution in [3.8, 4) is 22.6 Å². The summed E-state index contributed by atoms with van der Waals surface area (Å²) in [6.45, 7) is 10.3. The van der Waals surface area contributed by atoms with Gasteiger partial charge in [-0.15, -0.1) is 11.3 Å². The van der Waals surface area contributed by atoms with Gasteiger partial charge in [-0.1, -0.05) is 61.3 Å². The van der Waals surface area contributed by atoms with E-state index in [1.54, 1.807) is 25.6 Å². The van der Waals surface area contributed by atoms with Gasteiger partial charge in [-0.2, -0.15) is 0 Å². The minimum atomic E-state index is 0.696. The number of allylic oxidation sites excluding steroid dienone is 1. The van der Waals surface area contributed by atoms with E-state index >= 15 is 0 Å². The van der Waals surface area contributed by atoms with Gasteiger partial charge in [0, 0.05) is 50.8 Å². The first-order valence-electron chi connectivity index (χ1n) is 11.9. The second kappa shape index (κ2) is 12.4. The summed E-state index contributed by atoms with van der Waals surface area (Å²) in [6.07, 6.45) is 0. The Balaban J connectivity index is 1.50. The zero-order chi connectivity index (χ0) is 27.1. The molecule has 38 heavy (non-hydrogen) atoms. The monoisotopic (exact) mass is 541 g/mol. The maximum absolute atomic E-state index is 6.32. The molecule has 1 aromatic heterocycles. The summed E-state index contributed by atoms with van der Waals surface area (Å²) in [5.41, 5.74) is 13.0. The van der Waals surface area contributed by atoms with E-state index in [-0.39, 0.29) is 0 Å². The number of hydrogen-bond acceptors (Lipinski definition) is 7. The van der Waals surface area contributed by atoms with Crippen molar-refractivity contribution in [2.75, 3.05) is 24.9 Å². The summed E-state index contributed by atoms with van der Waals surface area (Å²) >= 11 is 3.15. The number of hydrogen-bond donors (Lipinski definition) is 3. The van der Waals surface area contributed by atoms with Crippen LogP contribution in [0.4, 0.5) is 11.4 Å². The van der Waals surface area contributed by atoms with Crippen molar-refractivity contribution in [2.24, 2.45) is 5.73 Å². The van der Waals surface area contributed by atoms with Crippen molar-refractivity contribution in [1.82, 2.24) is 0 Å². The second-order valence-electron chi connectivity index (χ2n) is 8.51. The van der Waals surface area contributed by atoms with Gasteiger partial charge in [0.2, 0.25) is 0 Å². The van der Waals surface area contributed by atoms with Crippen LogP contribution in [0.15, 0.2) is 108 Å². The average molecular weight is 542 g/mol. The van der Waals surface area contributed by atoms with Crippen molar-refractivity contribution in [1.29, 1.82) is 0 Å². The first kappa shape index (κ1) is 27.0. The number of para-hydroxylation sites is 1. The first-order valence-corrected chi connectivity index (χ1v) is 13.6. The molecule has 0 aliphatic heterocycles. The molecular formula is C31H31N3O2S2. The molecule has 4 aromatic rings. The smallest absolute Gasteiger partial charge is 0.124 e. The van der Waals surface area contributed by atoms with Gasteiger partial charge >= 0.3 is 0 Å². The van der Waals surface area contributed by atoms with Crippen molar-refractivity contribution in [2.45, 2.75) is 6.92 Å². The third kappa shape index (κ3) is 6.82. The Morgan fingerprint density at radius 1 is 0.816 bits per heavy atom. The highest BCUT2D eigenvalue weighted by atomic mass is 32.2. The van der Waals surface area contributed by atoms with Crippen LogP contribution in [0, 0.1) is 0 Å². The molecule has 7 heteroatoms. The number of ether oxygens (including phenoxy) is 2. The molecule has 0 saturated carbocycles. The van der Waals surface area contributed by atoms with E-state index in [2.05, 4.69) is 53.4 Å². The lowest BCUT2D eigenvalue weighted by Gasteiger charge is -2.14. The van der Waals surface area contributed by atoms with Crippen LogP contribution < -0.4 is 25.8 Å². The molecule has 0 radical (unpaired) electrons. The zero-order valence-corrected chi connectivity index (χ0v) is 23.3. The molecule has 4 N–H and O–H groups in total. The maximum Gasteiger partial charge on any atom is 0.124 e. The fraction of sp³-hybridized carbons (Fsp3) is 0.0968. The number of thiophene rings is 1. The number of methoxy groups -OCH3 is 2. The lowest BCUT2D eigenvalue weighted by Crippen LogP contribution is -1.99. The highest BCUT2D eigenvalue weighted by Gasteiger charge is 2.13. The average Bonchev–Trinajstić information content (AvgIpc) is 3.42. The number of anilines is 2. The van der Waals surface area contributed by atoms with E-state index in [0.29, 0.717) is 11.5 Å².